The van der Waals surface area contributed by atoms with Gasteiger partial charge in [-0.05, 0) is 64.2 Å². The summed E-state index contributed by atoms with van der Waals surface area (Å²) in [6, 6.07) is -2.61. The van der Waals surface area contributed by atoms with Gasteiger partial charge in [-0.25, -0.2) is 24.7 Å². The van der Waals surface area contributed by atoms with Crippen LogP contribution in [0.25, 0.3) is 22.3 Å². The number of amides is 4. The first-order valence-electron chi connectivity index (χ1n) is 27.5. The number of rotatable bonds is 20. The van der Waals surface area contributed by atoms with Gasteiger partial charge in [-0.15, -0.1) is 0 Å². The molecule has 78 heavy (non-hydrogen) atoms. The molecule has 0 spiro atoms. The number of aliphatic hydroxyl groups is 4. The van der Waals surface area contributed by atoms with Crippen LogP contribution in [0.4, 0.5) is 28.3 Å². The minimum atomic E-state index is -1.16. The number of aryl methyl sites for hydroxylation is 2. The molecular weight excluding hydrogens is 1000 g/mol. The van der Waals surface area contributed by atoms with Gasteiger partial charge in [-0.2, -0.15) is 19.9 Å². The molecule has 6 aromatic heterocycles. The van der Waals surface area contributed by atoms with Gasteiger partial charge in [-0.3, -0.25) is 9.59 Å². The fourth-order valence-electron chi connectivity index (χ4n) is 11.5. The van der Waals surface area contributed by atoms with E-state index in [1.54, 1.807) is 48.3 Å². The number of nitrogens with zero attached hydrogens (tertiary/aromatic N) is 12. The fraction of sp³-hybridized carbons (Fsp3) is 0.627. The lowest BCUT2D eigenvalue weighted by molar-refractivity contribution is -0.123. The third-order valence-corrected chi connectivity index (χ3v) is 15.8. The van der Waals surface area contributed by atoms with E-state index in [2.05, 4.69) is 52.5 Å². The average molecular weight is 1080 g/mol. The summed E-state index contributed by atoms with van der Waals surface area (Å²) < 4.78 is 7.31. The van der Waals surface area contributed by atoms with Crippen molar-refractivity contribution in [2.24, 2.45) is 14.1 Å². The van der Waals surface area contributed by atoms with Crippen LogP contribution in [0.15, 0.2) is 37.7 Å². The largest absolute Gasteiger partial charge is 0.388 e. The third-order valence-electron chi connectivity index (χ3n) is 15.8. The molecule has 6 aromatic rings. The lowest BCUT2D eigenvalue weighted by atomic mass is 9.90. The Morgan fingerprint density at radius 3 is 1.29 bits per heavy atom. The van der Waals surface area contributed by atoms with Crippen molar-refractivity contribution >= 4 is 63.7 Å². The Bertz CT molecular complexity index is 2830. The van der Waals surface area contributed by atoms with E-state index >= 15 is 0 Å². The van der Waals surface area contributed by atoms with Crippen LogP contribution < -0.4 is 42.5 Å². The van der Waals surface area contributed by atoms with Crippen molar-refractivity contribution in [3.8, 4) is 0 Å². The first-order valence-corrected chi connectivity index (χ1v) is 27.5. The molecule has 6 heterocycles. The van der Waals surface area contributed by atoms with Crippen LogP contribution in [0.1, 0.15) is 114 Å². The molecule has 10 rings (SSSR count). The molecule has 4 amide bonds. The second-order valence-electron chi connectivity index (χ2n) is 21.5. The minimum Gasteiger partial charge on any atom is -0.388 e. The van der Waals surface area contributed by atoms with Crippen molar-refractivity contribution < 1.29 is 34.8 Å². The Balaban J connectivity index is 0.740. The van der Waals surface area contributed by atoms with Crippen molar-refractivity contribution in [1.29, 1.82) is 0 Å². The summed E-state index contributed by atoms with van der Waals surface area (Å²) in [5.74, 6) is 1.40. The van der Waals surface area contributed by atoms with Gasteiger partial charge in [0, 0.05) is 89.4 Å². The molecule has 4 saturated carbocycles. The molecule has 0 saturated heterocycles. The summed E-state index contributed by atoms with van der Waals surface area (Å²) in [6.45, 7) is 4.51. The summed E-state index contributed by atoms with van der Waals surface area (Å²) in [7, 11) is 3.84. The van der Waals surface area contributed by atoms with Gasteiger partial charge in [0.1, 0.15) is 24.4 Å². The second kappa shape index (κ2) is 23.8. The van der Waals surface area contributed by atoms with E-state index in [0.29, 0.717) is 84.6 Å². The van der Waals surface area contributed by atoms with Crippen LogP contribution >= 0.6 is 0 Å². The Morgan fingerprint density at radius 1 is 0.526 bits per heavy atom. The molecule has 8 atom stereocenters. The quantitative estimate of drug-likeness (QED) is 0.0513. The predicted molar refractivity (Wildman–Crippen MR) is 288 cm³/mol. The highest BCUT2D eigenvalue weighted by Gasteiger charge is 2.45. The number of hydrogen-bond donors (Lipinski definition) is 12. The predicted octanol–water partition coefficient (Wildman–Crippen LogP) is 1.31. The summed E-state index contributed by atoms with van der Waals surface area (Å²) >= 11 is 0. The van der Waals surface area contributed by atoms with Crippen molar-refractivity contribution in [3.05, 3.63) is 49.1 Å². The standard InChI is InChI=1S/C51H74N20O7/c1-5-37(72)62-33-19-35(43(76)41(33)74)70-25-56-39-45(64-49(66-47(39)70)52-17-15-31-21-68(3)23-54-31)58-27-7-11-29(12-8-27)60-51(78)61-30-13-9-28(10-14-30)59-46-40-48(67-50(65-46)53-18-16-32-22-69(4)24-55-32)71(26-57-40)36-20-34(42(75)44(36)77)63-38(73)6-2/h21-30,33-36,41-44,74-77H,5-20H2,1-4H3,(H,62,72)(H,63,73)(H2,60,61,78)(H2,52,58,64,66)(H2,53,59,65,67)/t27?,28?,29?,30?,33-,34-,35+,36+,41+,42+,43-,44-/m0/s1. The summed E-state index contributed by atoms with van der Waals surface area (Å²) in [6.07, 6.45) is 14.4. The number of fused-ring (bicyclic) bond motifs is 2. The van der Waals surface area contributed by atoms with Gasteiger partial charge in [0.2, 0.25) is 23.7 Å². The van der Waals surface area contributed by atoms with Crippen molar-refractivity contribution in [2.75, 3.05) is 34.4 Å². The molecular formula is C51H74N20O7. The van der Waals surface area contributed by atoms with E-state index in [1.165, 1.54) is 0 Å². The highest BCUT2D eigenvalue weighted by atomic mass is 16.3. The van der Waals surface area contributed by atoms with Gasteiger partial charge in [0.15, 0.2) is 34.0 Å². The van der Waals surface area contributed by atoms with Crippen LogP contribution in [0.5, 0.6) is 0 Å². The topological polar surface area (TPSA) is 351 Å². The third kappa shape index (κ3) is 12.2. The summed E-state index contributed by atoms with van der Waals surface area (Å²) in [5, 5.41) is 70.3. The van der Waals surface area contributed by atoms with E-state index in [4.69, 9.17) is 29.9 Å². The molecule has 0 radical (unpaired) electrons. The lowest BCUT2D eigenvalue weighted by Crippen LogP contribution is -2.49. The summed E-state index contributed by atoms with van der Waals surface area (Å²) in [5.41, 5.74) is 3.83. The Hall–Kier alpha value is -7.23. The van der Waals surface area contributed by atoms with Crippen LogP contribution in [0.3, 0.4) is 0 Å². The van der Waals surface area contributed by atoms with E-state index in [9.17, 15) is 34.8 Å². The molecule has 27 nitrogen and oxygen atoms in total. The number of aliphatic hydroxyl groups excluding tert-OH is 4. The van der Waals surface area contributed by atoms with E-state index < -0.39 is 48.6 Å². The number of carbonyl (C=O) groups excluding carboxylic acids is 3. The molecule has 4 aliphatic carbocycles. The molecule has 420 valence electrons. The average Bonchev–Trinajstić information content (AvgIpc) is 4.32. The maximum absolute atomic E-state index is 13.5. The number of imidazole rings is 4. The maximum Gasteiger partial charge on any atom is 0.315 e. The smallest absolute Gasteiger partial charge is 0.315 e. The van der Waals surface area contributed by atoms with Gasteiger partial charge in [0.25, 0.3) is 0 Å². The fourth-order valence-corrected chi connectivity index (χ4v) is 11.5. The van der Waals surface area contributed by atoms with Crippen LogP contribution in [0.2, 0.25) is 0 Å². The number of hydrogen-bond acceptors (Lipinski definition) is 19. The number of carbonyl (C=O) groups is 3. The van der Waals surface area contributed by atoms with Gasteiger partial charge in [0.05, 0.1) is 60.9 Å². The zero-order chi connectivity index (χ0) is 54.6. The van der Waals surface area contributed by atoms with Crippen LogP contribution in [-0.4, -0.2) is 170 Å². The van der Waals surface area contributed by atoms with E-state index in [-0.39, 0.29) is 54.9 Å². The number of nitrogens with one attached hydrogen (secondary N) is 8. The first-order chi connectivity index (χ1) is 37.7. The van der Waals surface area contributed by atoms with Crippen LogP contribution in [0, 0.1) is 0 Å². The summed E-state index contributed by atoms with van der Waals surface area (Å²) in [4.78, 5) is 75.7. The van der Waals surface area contributed by atoms with Gasteiger partial charge >= 0.3 is 6.03 Å². The zero-order valence-corrected chi connectivity index (χ0v) is 44.6. The normalized spacial score (nSPS) is 27.2. The SMILES string of the molecule is CCC(=O)N[C@H]1C[C@@H](n2cnc3c(NC4CCC(NC(=O)NC5CCC(Nc6nc(NCCc7cn(C)cn7)nc7c6ncn7[C@@H]6C[C@H](NC(=O)CC)[C@@H](O)[C@H]6O)CC5)CC4)nc(NCCc4cn(C)cn4)nc32)[C@H](O)[C@@H]1O. The van der Waals surface area contributed by atoms with E-state index in [0.717, 1.165) is 62.8 Å². The second-order valence-corrected chi connectivity index (χ2v) is 21.5. The Morgan fingerprint density at radius 2 is 0.923 bits per heavy atom. The van der Waals surface area contributed by atoms with Crippen molar-refractivity contribution in [1.82, 2.24) is 79.4 Å². The first kappa shape index (κ1) is 54.1. The molecule has 0 bridgehead atoms. The van der Waals surface area contributed by atoms with Crippen molar-refractivity contribution in [3.63, 3.8) is 0 Å². The van der Waals surface area contributed by atoms with Gasteiger partial charge in [-0.1, -0.05) is 13.8 Å². The van der Waals surface area contributed by atoms with E-state index in [1.807, 2.05) is 35.6 Å². The molecule has 12 N–H and O–H groups in total. The molecule has 0 unspecified atom stereocenters. The zero-order valence-electron chi connectivity index (χ0n) is 44.6. The Kier molecular flexibility index (Phi) is 16.5. The maximum atomic E-state index is 13.5. The lowest BCUT2D eigenvalue weighted by Gasteiger charge is -2.32. The Labute approximate surface area is 450 Å². The number of urea groups is 1. The van der Waals surface area contributed by atoms with Crippen molar-refractivity contribution in [2.45, 2.75) is 176 Å². The minimum absolute atomic E-state index is 0.0211. The molecule has 0 aliphatic heterocycles. The number of anilines is 4. The molecule has 4 fully saturated rings. The molecule has 0 aromatic carbocycles. The highest BCUT2D eigenvalue weighted by molar-refractivity contribution is 5.86. The monoisotopic (exact) mass is 1080 g/mol. The van der Waals surface area contributed by atoms with Gasteiger partial charge < -0.3 is 81.2 Å². The molecule has 4 aliphatic rings. The van der Waals surface area contributed by atoms with Crippen LogP contribution in [-0.2, 0) is 36.5 Å². The number of aromatic nitrogens is 12. The highest BCUT2D eigenvalue weighted by Crippen LogP contribution is 2.37. The molecule has 27 heteroatoms.